The maximum absolute atomic E-state index is 12.1. The number of aromatic nitrogens is 30. The van der Waals surface area contributed by atoms with E-state index in [-0.39, 0.29) is 11.8 Å². The van der Waals surface area contributed by atoms with Crippen molar-refractivity contribution in [2.24, 2.45) is 5.92 Å². The van der Waals surface area contributed by atoms with Gasteiger partial charge in [-0.2, -0.15) is 25.5 Å². The van der Waals surface area contributed by atoms with Crippen molar-refractivity contribution in [3.8, 4) is 113 Å². The van der Waals surface area contributed by atoms with Crippen LogP contribution in [0.5, 0.6) is 0 Å². The zero-order chi connectivity index (χ0) is 92.8. The summed E-state index contributed by atoms with van der Waals surface area (Å²) in [5.74, 6) is 3.76. The van der Waals surface area contributed by atoms with Gasteiger partial charge >= 0.3 is 0 Å². The molecule has 5 aromatic carbocycles. The number of amides is 2. The molecule has 2 amide bonds. The van der Waals surface area contributed by atoms with Crippen LogP contribution in [0.2, 0.25) is 0 Å². The number of nitrogens with two attached hydrogens (primary N) is 1. The lowest BCUT2D eigenvalue weighted by molar-refractivity contribution is -0.117. The Morgan fingerprint density at radius 2 is 0.620 bits per heavy atom. The molecule has 25 rings (SSSR count). The molecule has 0 bridgehead atoms. The van der Waals surface area contributed by atoms with E-state index in [4.69, 9.17) is 5.73 Å². The molecule has 0 aliphatic rings. The van der Waals surface area contributed by atoms with E-state index in [1.165, 1.54) is 0 Å². The first kappa shape index (κ1) is 84.8. The number of carbonyl (C=O) groups excluding carboxylic acids is 2. The van der Waals surface area contributed by atoms with Gasteiger partial charge in [-0.3, -0.25) is 84.9 Å². The monoisotopic (exact) mass is 1800 g/mol. The second kappa shape index (κ2) is 37.5. The Morgan fingerprint density at radius 3 is 0.942 bits per heavy atom. The lowest BCUT2D eigenvalue weighted by Gasteiger charge is -2.09. The number of carbonyl (C=O) groups is 2. The molecule has 0 unspecified atom stereocenters. The van der Waals surface area contributed by atoms with Crippen LogP contribution in [0.25, 0.3) is 223 Å². The van der Waals surface area contributed by atoms with E-state index < -0.39 is 0 Å². The molecule has 0 saturated heterocycles. The van der Waals surface area contributed by atoms with E-state index in [1.54, 1.807) is 105 Å². The van der Waals surface area contributed by atoms with Crippen LogP contribution in [0.4, 0.5) is 17.1 Å². The highest BCUT2D eigenvalue weighted by Crippen LogP contribution is 2.38. The topological polar surface area (TPSA) is 512 Å². The molecule has 0 atom stereocenters. The van der Waals surface area contributed by atoms with Crippen LogP contribution in [-0.4, -0.2) is 169 Å². The van der Waals surface area contributed by atoms with E-state index in [0.29, 0.717) is 53.3 Å². The summed E-state index contributed by atoms with van der Waals surface area (Å²) in [7, 11) is 0. The van der Waals surface area contributed by atoms with Crippen LogP contribution in [0, 0.1) is 5.92 Å². The highest BCUT2D eigenvalue weighted by Gasteiger charge is 2.22. The van der Waals surface area contributed by atoms with Crippen molar-refractivity contribution in [2.75, 3.05) is 22.9 Å². The Kier molecular flexibility index (Phi) is 23.2. The molecular formula is C101H82N34O2. The van der Waals surface area contributed by atoms with Crippen LogP contribution in [0.3, 0.4) is 0 Å². The summed E-state index contributed by atoms with van der Waals surface area (Å²) in [5, 5.41) is 51.6. The summed E-state index contributed by atoms with van der Waals surface area (Å²) in [4.78, 5) is 105. The molecule has 0 radical (unpaired) electrons. The summed E-state index contributed by atoms with van der Waals surface area (Å²) in [6, 6.07) is 51.8. The second-order valence-corrected chi connectivity index (χ2v) is 32.6. The smallest absolute Gasteiger partial charge is 0.224 e. The molecular weight excluding hydrogens is 1720 g/mol. The second-order valence-electron chi connectivity index (χ2n) is 32.6. The Bertz CT molecular complexity index is 8560. The zero-order valence-corrected chi connectivity index (χ0v) is 73.8. The van der Waals surface area contributed by atoms with Crippen LogP contribution >= 0.6 is 0 Å². The van der Waals surface area contributed by atoms with E-state index in [9.17, 15) is 9.59 Å². The van der Waals surface area contributed by atoms with E-state index in [1.807, 2.05) is 155 Å². The average molecular weight is 1800 g/mol. The van der Waals surface area contributed by atoms with Crippen molar-refractivity contribution in [2.45, 2.75) is 47.1 Å². The molecule has 0 saturated carbocycles. The van der Waals surface area contributed by atoms with Gasteiger partial charge in [0.2, 0.25) is 11.8 Å². The minimum Gasteiger partial charge on any atom is -0.397 e. The fourth-order valence-corrected chi connectivity index (χ4v) is 16.0. The predicted octanol–water partition coefficient (Wildman–Crippen LogP) is 18.8. The summed E-state index contributed by atoms with van der Waals surface area (Å²) in [6.07, 6.45) is 36.0. The maximum atomic E-state index is 12.1. The summed E-state index contributed by atoms with van der Waals surface area (Å²) < 4.78 is 0. The van der Waals surface area contributed by atoms with Gasteiger partial charge in [0.1, 0.15) is 28.5 Å². The first-order chi connectivity index (χ1) is 67.2. The van der Waals surface area contributed by atoms with Gasteiger partial charge in [-0.1, -0.05) is 64.1 Å². The normalized spacial score (nSPS) is 11.4. The van der Waals surface area contributed by atoms with Gasteiger partial charge in [-0.25, -0.2) is 24.9 Å². The standard InChI is InChI=1S/C23H21N7O.C21H17N7O.C21H19N7.C18H13N7.C18H12N6/c1-13(2)7-21(31)26-16-8-15(10-25-11-16)14-3-4-18-17(9-14)22(30-29-18)23-27-19-5-6-24-12-20(19)28-23;1-2-19(29)24-14-7-13(9-23-10-14)12-3-4-16-15(8-12)20(28-27-16)21-25-17-5-6-22-11-18(17)26-21;1-2-22-9-13-7-15(11-24-10-13)14-3-4-17-16(8-14)20(28-27-17)21-25-18-5-6-23-12-19(18)26-21;19-12-5-11(7-21-8-12)10-1-2-14-13(6-10)17(25-24-14)18-22-15-3-4-20-9-16(15)23-18;1-2-12(9-19-6-1)11-3-4-14-13(8-11)17(24-23-14)18-21-15-5-7-20-10-16(15)22-18/h3-6,8-13H,7H2,1-2H3,(H,26,31)(H,27,28)(H,29,30);3-11H,2H2,1H3,(H,24,29)(H,25,26)(H,27,28);3-8,10-12,22H,2,9H2,1H3,(H,25,26)(H,27,28);1-9H,19H2,(H,22,23)(H,24,25);1-10H,(H,21,22)(H,23,24). The Balaban J connectivity index is 0.000000102. The van der Waals surface area contributed by atoms with Gasteiger partial charge in [0.25, 0.3) is 0 Å². The lowest BCUT2D eigenvalue weighted by Crippen LogP contribution is -2.13. The number of anilines is 3. The molecule has 20 aromatic heterocycles. The molecule has 137 heavy (non-hydrogen) atoms. The van der Waals surface area contributed by atoms with Crippen molar-refractivity contribution >= 4 is 139 Å². The minimum atomic E-state index is -0.0455. The van der Waals surface area contributed by atoms with E-state index >= 15 is 0 Å². The quantitative estimate of drug-likeness (QED) is 0.0379. The molecule has 0 spiro atoms. The summed E-state index contributed by atoms with van der Waals surface area (Å²) in [5.41, 5.74) is 36.3. The molecule has 36 nitrogen and oxygen atoms in total. The Morgan fingerprint density at radius 1 is 0.307 bits per heavy atom. The molecule has 668 valence electrons. The van der Waals surface area contributed by atoms with Crippen molar-refractivity contribution in [3.05, 3.63) is 287 Å². The fraction of sp³-hybridized carbons (Fsp3) is 0.0891. The third-order valence-electron chi connectivity index (χ3n) is 22.8. The number of fused-ring (bicyclic) bond motifs is 10. The minimum absolute atomic E-state index is 0.0131. The van der Waals surface area contributed by atoms with Crippen LogP contribution in [0.1, 0.15) is 46.1 Å². The van der Waals surface area contributed by atoms with E-state index in [0.717, 1.165) is 224 Å². The number of rotatable bonds is 18. The first-order valence-corrected chi connectivity index (χ1v) is 43.9. The highest BCUT2D eigenvalue weighted by atomic mass is 16.2. The summed E-state index contributed by atoms with van der Waals surface area (Å²) >= 11 is 0. The zero-order valence-electron chi connectivity index (χ0n) is 73.8. The number of benzene rings is 5. The third-order valence-corrected chi connectivity index (χ3v) is 22.8. The Labute approximate surface area is 776 Å². The van der Waals surface area contributed by atoms with Gasteiger partial charge in [-0.05, 0) is 167 Å². The van der Waals surface area contributed by atoms with Crippen molar-refractivity contribution in [1.29, 1.82) is 0 Å². The lowest BCUT2D eigenvalue weighted by atomic mass is 10.0. The molecule has 15 N–H and O–H groups in total. The largest absolute Gasteiger partial charge is 0.397 e. The molecule has 0 aliphatic carbocycles. The average Bonchev–Trinajstić information content (AvgIpc) is 1.65. The van der Waals surface area contributed by atoms with Crippen LogP contribution in [0.15, 0.2) is 282 Å². The number of nitrogens with one attached hydrogen (secondary N) is 13. The van der Waals surface area contributed by atoms with Crippen molar-refractivity contribution in [1.82, 2.24) is 156 Å². The van der Waals surface area contributed by atoms with Gasteiger partial charge in [0.15, 0.2) is 29.1 Å². The predicted molar refractivity (Wildman–Crippen MR) is 530 cm³/mol. The Hall–Kier alpha value is -19.0. The summed E-state index contributed by atoms with van der Waals surface area (Å²) in [6.45, 7) is 9.69. The highest BCUT2D eigenvalue weighted by molar-refractivity contribution is 6.02. The molecule has 0 aliphatic heterocycles. The number of nitrogen functional groups attached to an aromatic ring is 1. The first-order valence-electron chi connectivity index (χ1n) is 43.9. The maximum Gasteiger partial charge on any atom is 0.224 e. The number of H-pyrrole nitrogens is 10. The number of hydrogen-bond acceptors (Lipinski definition) is 24. The molecule has 25 aromatic rings. The van der Waals surface area contributed by atoms with Gasteiger partial charge in [-0.15, -0.1) is 0 Å². The molecule has 36 heteroatoms. The number of hydrogen-bond donors (Lipinski definition) is 14. The van der Waals surface area contributed by atoms with Crippen molar-refractivity contribution < 1.29 is 9.59 Å². The SMILES string of the molecule is CC(C)CC(=O)Nc1cncc(-c2ccc3[nH]nc(-c4nc5ccncc5[nH]4)c3c2)c1.CCC(=O)Nc1cncc(-c2ccc3[nH]nc(-c4nc5ccncc5[nH]4)c3c2)c1.CCNCc1cncc(-c2ccc3[nH]nc(-c4nc5ccncc5[nH]4)c3c2)c1.Nc1cncc(-c2ccc3[nH]nc(-c4nc5ccncc5[nH]4)c3c2)c1.c1cncc(-c2ccc3[nH]nc(-c4nc5ccncc5[nH]4)c3c2)c1. The van der Waals surface area contributed by atoms with Crippen LogP contribution in [-0.2, 0) is 16.1 Å². The van der Waals surface area contributed by atoms with Crippen molar-refractivity contribution in [3.63, 3.8) is 0 Å². The molecule has 0 fully saturated rings. The van der Waals surface area contributed by atoms with Gasteiger partial charge in [0, 0.05) is 155 Å². The number of nitrogens with zero attached hydrogens (tertiary/aromatic N) is 20. The number of aromatic amines is 10. The van der Waals surface area contributed by atoms with E-state index in [2.05, 4.69) is 216 Å². The number of pyridine rings is 10. The third kappa shape index (κ3) is 18.1. The molecule has 20 heterocycles. The van der Waals surface area contributed by atoms with Crippen LogP contribution < -0.4 is 21.7 Å². The van der Waals surface area contributed by atoms with Gasteiger partial charge in [0.05, 0.1) is 143 Å². The van der Waals surface area contributed by atoms with Gasteiger partial charge < -0.3 is 46.6 Å². The number of imidazole rings is 5. The fourth-order valence-electron chi connectivity index (χ4n) is 16.0.